The maximum absolute atomic E-state index is 13.0. The molecule has 0 spiro atoms. The van der Waals surface area contributed by atoms with Crippen LogP contribution in [0.2, 0.25) is 0 Å². The Morgan fingerprint density at radius 3 is 2.79 bits per heavy atom. The van der Waals surface area contributed by atoms with Gasteiger partial charge < -0.3 is 14.8 Å². The molecule has 0 unspecified atom stereocenters. The molecule has 3 heterocycles. The number of rotatable bonds is 5. The maximum atomic E-state index is 13.0. The van der Waals surface area contributed by atoms with Gasteiger partial charge in [-0.1, -0.05) is 44.2 Å². The van der Waals surface area contributed by atoms with Gasteiger partial charge in [-0.15, -0.1) is 0 Å². The molecule has 0 bridgehead atoms. The normalized spacial score (nSPS) is 17.0. The number of hydrogen-bond acceptors (Lipinski definition) is 4. The van der Waals surface area contributed by atoms with Gasteiger partial charge in [0.25, 0.3) is 5.91 Å². The molecular weight excluding hydrogens is 366 g/mol. The summed E-state index contributed by atoms with van der Waals surface area (Å²) in [6.45, 7) is 5.63. The summed E-state index contributed by atoms with van der Waals surface area (Å²) in [6, 6.07) is 11.6. The Kier molecular flexibility index (Phi) is 5.29. The van der Waals surface area contributed by atoms with E-state index >= 15 is 0 Å². The van der Waals surface area contributed by atoms with Crippen LogP contribution in [0.3, 0.4) is 0 Å². The third-order valence-corrected chi connectivity index (χ3v) is 5.02. The third kappa shape index (κ3) is 4.29. The zero-order chi connectivity index (χ0) is 20.4. The lowest BCUT2D eigenvalue weighted by molar-refractivity contribution is -0.124. The van der Waals surface area contributed by atoms with Gasteiger partial charge in [-0.3, -0.25) is 9.59 Å². The van der Waals surface area contributed by atoms with E-state index in [1.165, 1.54) is 0 Å². The summed E-state index contributed by atoms with van der Waals surface area (Å²) in [7, 11) is 0. The number of amides is 2. The fraction of sp³-hybridized carbons (Fsp3) is 0.364. The van der Waals surface area contributed by atoms with E-state index in [0.29, 0.717) is 30.0 Å². The molecule has 1 N–H and O–H groups in total. The molecule has 150 valence electrons. The van der Waals surface area contributed by atoms with E-state index in [9.17, 15) is 9.59 Å². The minimum atomic E-state index is -0.189. The minimum Gasteiger partial charge on any atom is -0.350 e. The Morgan fingerprint density at radius 1 is 1.24 bits per heavy atom. The molecule has 1 atom stereocenters. The predicted molar refractivity (Wildman–Crippen MR) is 110 cm³/mol. The van der Waals surface area contributed by atoms with Gasteiger partial charge in [-0.05, 0) is 24.0 Å². The first-order chi connectivity index (χ1) is 14.0. The number of carbonyl (C=O) groups is 2. The average Bonchev–Trinajstić information content (AvgIpc) is 3.09. The first-order valence-corrected chi connectivity index (χ1v) is 9.93. The van der Waals surface area contributed by atoms with E-state index in [-0.39, 0.29) is 24.4 Å². The Hall–Kier alpha value is -3.22. The van der Waals surface area contributed by atoms with Crippen molar-refractivity contribution in [2.24, 2.45) is 5.92 Å². The molecule has 1 aliphatic heterocycles. The highest BCUT2D eigenvalue weighted by Gasteiger charge is 2.29. The topological polar surface area (TPSA) is 80.1 Å². The number of carbonyl (C=O) groups excluding carboxylic acids is 2. The number of pyridine rings is 1. The van der Waals surface area contributed by atoms with E-state index in [1.807, 2.05) is 34.9 Å². The lowest BCUT2D eigenvalue weighted by Gasteiger charge is -2.33. The summed E-state index contributed by atoms with van der Waals surface area (Å²) >= 11 is 0. The molecule has 1 aromatic carbocycles. The highest BCUT2D eigenvalue weighted by molar-refractivity contribution is 5.98. The molecule has 7 heteroatoms. The van der Waals surface area contributed by atoms with Crippen LogP contribution < -0.4 is 5.32 Å². The third-order valence-electron chi connectivity index (χ3n) is 5.02. The fourth-order valence-electron chi connectivity index (χ4n) is 3.77. The Balaban J connectivity index is 1.51. The Bertz CT molecular complexity index is 1030. The van der Waals surface area contributed by atoms with Gasteiger partial charge in [0, 0.05) is 19.3 Å². The second kappa shape index (κ2) is 8.03. The van der Waals surface area contributed by atoms with E-state index in [0.717, 1.165) is 17.8 Å². The monoisotopic (exact) mass is 391 g/mol. The predicted octanol–water partition coefficient (Wildman–Crippen LogP) is 2.27. The number of piperazine rings is 1. The minimum absolute atomic E-state index is 0.0595. The fourth-order valence-corrected chi connectivity index (χ4v) is 3.77. The summed E-state index contributed by atoms with van der Waals surface area (Å²) in [5, 5.41) is 2.99. The van der Waals surface area contributed by atoms with Crippen molar-refractivity contribution in [2.45, 2.75) is 32.9 Å². The number of fused-ring (bicyclic) bond motifs is 1. The molecule has 1 saturated heterocycles. The molecule has 2 amide bonds. The van der Waals surface area contributed by atoms with Crippen LogP contribution in [-0.2, 0) is 17.8 Å². The van der Waals surface area contributed by atoms with Crippen LogP contribution in [0.1, 0.15) is 29.8 Å². The van der Waals surface area contributed by atoms with Crippen LogP contribution in [-0.4, -0.2) is 50.4 Å². The average molecular weight is 391 g/mol. The van der Waals surface area contributed by atoms with Crippen LogP contribution in [0.25, 0.3) is 11.2 Å². The van der Waals surface area contributed by atoms with Crippen molar-refractivity contribution in [1.29, 1.82) is 0 Å². The van der Waals surface area contributed by atoms with E-state index < -0.39 is 0 Å². The number of nitrogens with zero attached hydrogens (tertiary/aromatic N) is 4. The summed E-state index contributed by atoms with van der Waals surface area (Å²) in [6.07, 6.45) is 4.03. The molecule has 0 saturated carbocycles. The van der Waals surface area contributed by atoms with Gasteiger partial charge in [-0.2, -0.15) is 0 Å². The molecule has 2 aromatic heterocycles. The molecule has 1 fully saturated rings. The molecule has 7 nitrogen and oxygen atoms in total. The van der Waals surface area contributed by atoms with Crippen molar-refractivity contribution >= 4 is 23.0 Å². The van der Waals surface area contributed by atoms with Gasteiger partial charge in [0.05, 0.1) is 24.5 Å². The standard InChI is InChI=1S/C22H25N5O2/c1-15(2)11-27-14-24-19-9-17(10-23-21(19)27)22(29)26-12-18(25-20(28)13-26)8-16-6-4-3-5-7-16/h3-7,9-10,14-15,18H,8,11-13H2,1-2H3,(H,25,28)/t18-/m0/s1. The second-order valence-corrected chi connectivity index (χ2v) is 8.00. The first-order valence-electron chi connectivity index (χ1n) is 9.93. The number of aromatic nitrogens is 3. The SMILES string of the molecule is CC(C)Cn1cnc2cc(C(=O)N3CC(=O)N[C@@H](Cc4ccccc4)C3)cnc21. The van der Waals surface area contributed by atoms with Crippen molar-refractivity contribution in [2.75, 3.05) is 13.1 Å². The summed E-state index contributed by atoms with van der Waals surface area (Å²) in [5.74, 6) is 0.149. The first kappa shape index (κ1) is 19.1. The Labute approximate surface area is 169 Å². The lowest BCUT2D eigenvalue weighted by Crippen LogP contribution is -2.56. The van der Waals surface area contributed by atoms with Crippen molar-refractivity contribution in [1.82, 2.24) is 24.8 Å². The van der Waals surface area contributed by atoms with Gasteiger partial charge >= 0.3 is 0 Å². The van der Waals surface area contributed by atoms with Crippen molar-refractivity contribution in [3.63, 3.8) is 0 Å². The van der Waals surface area contributed by atoms with Gasteiger partial charge in [0.2, 0.25) is 5.91 Å². The molecule has 3 aromatic rings. The van der Waals surface area contributed by atoms with E-state index in [4.69, 9.17) is 0 Å². The number of nitrogens with one attached hydrogen (secondary N) is 1. The lowest BCUT2D eigenvalue weighted by atomic mass is 10.0. The molecular formula is C22H25N5O2. The number of imidazole rings is 1. The number of benzene rings is 1. The van der Waals surface area contributed by atoms with Crippen LogP contribution in [0.4, 0.5) is 0 Å². The van der Waals surface area contributed by atoms with E-state index in [1.54, 1.807) is 23.5 Å². The summed E-state index contributed by atoms with van der Waals surface area (Å²) in [4.78, 5) is 35.7. The molecule has 29 heavy (non-hydrogen) atoms. The summed E-state index contributed by atoms with van der Waals surface area (Å²) < 4.78 is 2.00. The maximum Gasteiger partial charge on any atom is 0.256 e. The molecule has 1 aliphatic rings. The van der Waals surface area contributed by atoms with Crippen molar-refractivity contribution < 1.29 is 9.59 Å². The van der Waals surface area contributed by atoms with Crippen LogP contribution in [0.5, 0.6) is 0 Å². The Morgan fingerprint density at radius 2 is 2.03 bits per heavy atom. The smallest absolute Gasteiger partial charge is 0.256 e. The van der Waals surface area contributed by atoms with Gasteiger partial charge in [-0.25, -0.2) is 9.97 Å². The van der Waals surface area contributed by atoms with Gasteiger partial charge in [0.15, 0.2) is 5.65 Å². The highest BCUT2D eigenvalue weighted by Crippen LogP contribution is 2.16. The summed E-state index contributed by atoms with van der Waals surface area (Å²) in [5.41, 5.74) is 3.05. The molecule has 0 aliphatic carbocycles. The largest absolute Gasteiger partial charge is 0.350 e. The molecule has 0 radical (unpaired) electrons. The van der Waals surface area contributed by atoms with Crippen LogP contribution in [0, 0.1) is 5.92 Å². The molecule has 4 rings (SSSR count). The zero-order valence-electron chi connectivity index (χ0n) is 16.7. The number of hydrogen-bond donors (Lipinski definition) is 1. The van der Waals surface area contributed by atoms with E-state index in [2.05, 4.69) is 29.1 Å². The second-order valence-electron chi connectivity index (χ2n) is 8.00. The van der Waals surface area contributed by atoms with Crippen molar-refractivity contribution in [3.8, 4) is 0 Å². The van der Waals surface area contributed by atoms with Crippen LogP contribution >= 0.6 is 0 Å². The highest BCUT2D eigenvalue weighted by atomic mass is 16.2. The van der Waals surface area contributed by atoms with Crippen LogP contribution in [0.15, 0.2) is 48.9 Å². The van der Waals surface area contributed by atoms with Gasteiger partial charge in [0.1, 0.15) is 5.52 Å². The van der Waals surface area contributed by atoms with Crippen molar-refractivity contribution in [3.05, 3.63) is 60.0 Å². The quantitative estimate of drug-likeness (QED) is 0.724. The zero-order valence-corrected chi connectivity index (χ0v) is 16.7.